The van der Waals surface area contributed by atoms with E-state index in [1.54, 1.807) is 19.1 Å². The smallest absolute Gasteiger partial charge is 0.259 e. The van der Waals surface area contributed by atoms with Crippen molar-refractivity contribution < 1.29 is 13.7 Å². The molecule has 2 aromatic heterocycles. The highest BCUT2D eigenvalue weighted by Crippen LogP contribution is 2.28. The van der Waals surface area contributed by atoms with E-state index in [1.165, 1.54) is 0 Å². The number of rotatable bonds is 4. The van der Waals surface area contributed by atoms with Gasteiger partial charge in [0.05, 0.1) is 0 Å². The number of furan rings is 1. The number of carbonyl (C=O) groups excluding carboxylic acids is 1. The number of hydrogen-bond donors (Lipinski definition) is 2. The molecule has 1 amide bonds. The Kier molecular flexibility index (Phi) is 4.20. The van der Waals surface area contributed by atoms with E-state index in [-0.39, 0.29) is 17.4 Å². The van der Waals surface area contributed by atoms with Gasteiger partial charge in [0.25, 0.3) is 5.91 Å². The van der Waals surface area contributed by atoms with Gasteiger partial charge in [-0.15, -0.1) is 0 Å². The van der Waals surface area contributed by atoms with E-state index < -0.39 is 0 Å². The summed E-state index contributed by atoms with van der Waals surface area (Å²) in [7, 11) is 0. The normalized spacial score (nSPS) is 10.7. The number of amides is 1. The van der Waals surface area contributed by atoms with Gasteiger partial charge in [-0.3, -0.25) is 4.79 Å². The molecule has 0 saturated heterocycles. The lowest BCUT2D eigenvalue weighted by Gasteiger charge is -2.06. The Hall–Kier alpha value is -2.54. The predicted molar refractivity (Wildman–Crippen MR) is 88.7 cm³/mol. The summed E-state index contributed by atoms with van der Waals surface area (Å²) >= 11 is 3.44. The van der Waals surface area contributed by atoms with Crippen LogP contribution in [0.25, 0.3) is 11.5 Å². The highest BCUT2D eigenvalue weighted by Gasteiger charge is 2.24. The van der Waals surface area contributed by atoms with Crippen molar-refractivity contribution in [3.05, 3.63) is 57.8 Å². The number of halogens is 1. The number of nitrogen functional groups attached to an aromatic ring is 1. The summed E-state index contributed by atoms with van der Waals surface area (Å²) in [6.07, 6.45) is 0. The van der Waals surface area contributed by atoms with Crippen molar-refractivity contribution in [2.45, 2.75) is 13.5 Å². The van der Waals surface area contributed by atoms with Crippen molar-refractivity contribution in [1.29, 1.82) is 0 Å². The number of aromatic nitrogens is 1. The minimum absolute atomic E-state index is 0.0429. The van der Waals surface area contributed by atoms with E-state index in [4.69, 9.17) is 14.7 Å². The van der Waals surface area contributed by atoms with Crippen LogP contribution in [0.1, 0.15) is 21.7 Å². The largest absolute Gasteiger partial charge is 0.460 e. The summed E-state index contributed by atoms with van der Waals surface area (Å²) in [5.74, 6) is 0.734. The standard InChI is InChI=1S/C16H14BrN3O3/c1-9-6-7-12(22-9)14-13(15(18)23-20-14)16(21)19-8-10-4-2-3-5-11(10)17/h2-7H,8,18H2,1H3,(H,19,21). The monoisotopic (exact) mass is 375 g/mol. The first kappa shape index (κ1) is 15.4. The van der Waals surface area contributed by atoms with E-state index >= 15 is 0 Å². The highest BCUT2D eigenvalue weighted by molar-refractivity contribution is 9.10. The first-order valence-corrected chi connectivity index (χ1v) is 7.69. The number of nitrogens with one attached hydrogen (secondary N) is 1. The van der Waals surface area contributed by atoms with Gasteiger partial charge >= 0.3 is 0 Å². The summed E-state index contributed by atoms with van der Waals surface area (Å²) in [5, 5.41) is 6.64. The topological polar surface area (TPSA) is 94.3 Å². The molecule has 2 heterocycles. The molecule has 0 aliphatic rings. The van der Waals surface area contributed by atoms with E-state index in [0.29, 0.717) is 23.8 Å². The molecule has 0 spiro atoms. The summed E-state index contributed by atoms with van der Waals surface area (Å²) in [5.41, 5.74) is 7.16. The highest BCUT2D eigenvalue weighted by atomic mass is 79.9. The number of carbonyl (C=O) groups is 1. The number of benzene rings is 1. The fourth-order valence-electron chi connectivity index (χ4n) is 2.16. The third kappa shape index (κ3) is 3.14. The van der Waals surface area contributed by atoms with Gasteiger partial charge in [0, 0.05) is 11.0 Å². The van der Waals surface area contributed by atoms with Crippen LogP contribution in [0.4, 0.5) is 5.88 Å². The first-order valence-electron chi connectivity index (χ1n) is 6.90. The first-order chi connectivity index (χ1) is 11.1. The Labute approximate surface area is 140 Å². The van der Waals surface area contributed by atoms with Gasteiger partial charge in [-0.2, -0.15) is 0 Å². The van der Waals surface area contributed by atoms with Gasteiger partial charge in [-0.1, -0.05) is 39.3 Å². The van der Waals surface area contributed by atoms with Crippen LogP contribution >= 0.6 is 15.9 Å². The molecule has 23 heavy (non-hydrogen) atoms. The van der Waals surface area contributed by atoms with Crippen molar-refractivity contribution in [2.24, 2.45) is 0 Å². The van der Waals surface area contributed by atoms with Crippen LogP contribution in [-0.4, -0.2) is 11.1 Å². The minimum atomic E-state index is -0.372. The molecule has 3 rings (SSSR count). The zero-order valence-electron chi connectivity index (χ0n) is 12.3. The number of anilines is 1. The molecule has 0 aliphatic heterocycles. The van der Waals surface area contributed by atoms with Gasteiger partial charge in [0.2, 0.25) is 5.88 Å². The third-order valence-electron chi connectivity index (χ3n) is 3.32. The Balaban J connectivity index is 1.83. The predicted octanol–water partition coefficient (Wildman–Crippen LogP) is 3.52. The van der Waals surface area contributed by atoms with Crippen molar-refractivity contribution in [2.75, 3.05) is 5.73 Å². The van der Waals surface area contributed by atoms with Crippen LogP contribution in [0.15, 0.2) is 49.8 Å². The fraction of sp³-hybridized carbons (Fsp3) is 0.125. The van der Waals surface area contributed by atoms with Crippen LogP contribution in [0.5, 0.6) is 0 Å². The zero-order chi connectivity index (χ0) is 16.4. The minimum Gasteiger partial charge on any atom is -0.460 e. The maximum Gasteiger partial charge on any atom is 0.259 e. The molecule has 0 bridgehead atoms. The molecular weight excluding hydrogens is 362 g/mol. The van der Waals surface area contributed by atoms with E-state index in [9.17, 15) is 4.79 Å². The Morgan fingerprint density at radius 1 is 1.30 bits per heavy atom. The van der Waals surface area contributed by atoms with E-state index in [1.807, 2.05) is 24.3 Å². The molecule has 3 aromatic rings. The maximum absolute atomic E-state index is 12.5. The van der Waals surface area contributed by atoms with Crippen LogP contribution in [0.3, 0.4) is 0 Å². The molecule has 0 unspecified atom stereocenters. The van der Waals surface area contributed by atoms with Crippen molar-refractivity contribution in [3.8, 4) is 11.5 Å². The summed E-state index contributed by atoms with van der Waals surface area (Å²) in [6, 6.07) is 11.1. The number of nitrogens with two attached hydrogens (primary N) is 1. The van der Waals surface area contributed by atoms with Crippen LogP contribution in [0.2, 0.25) is 0 Å². The SMILES string of the molecule is Cc1ccc(-c2noc(N)c2C(=O)NCc2ccccc2Br)o1. The molecule has 0 saturated carbocycles. The molecule has 0 radical (unpaired) electrons. The van der Waals surface area contributed by atoms with Gasteiger partial charge in [-0.05, 0) is 30.7 Å². The molecule has 7 heteroatoms. The summed E-state index contributed by atoms with van der Waals surface area (Å²) in [6.45, 7) is 2.15. The average molecular weight is 376 g/mol. The Morgan fingerprint density at radius 3 is 2.78 bits per heavy atom. The molecule has 118 valence electrons. The van der Waals surface area contributed by atoms with Gasteiger partial charge in [0.1, 0.15) is 11.3 Å². The average Bonchev–Trinajstić information content (AvgIpc) is 3.12. The second-order valence-electron chi connectivity index (χ2n) is 4.95. The molecular formula is C16H14BrN3O3. The lowest BCUT2D eigenvalue weighted by atomic mass is 10.1. The zero-order valence-corrected chi connectivity index (χ0v) is 13.9. The number of aryl methyl sites for hydroxylation is 1. The van der Waals surface area contributed by atoms with Gasteiger partial charge in [-0.25, -0.2) is 0 Å². The van der Waals surface area contributed by atoms with Crippen molar-refractivity contribution in [3.63, 3.8) is 0 Å². The molecule has 1 aromatic carbocycles. The lowest BCUT2D eigenvalue weighted by Crippen LogP contribution is -2.24. The third-order valence-corrected chi connectivity index (χ3v) is 4.09. The van der Waals surface area contributed by atoms with Gasteiger partial charge in [0.15, 0.2) is 11.5 Å². The van der Waals surface area contributed by atoms with Crippen molar-refractivity contribution in [1.82, 2.24) is 10.5 Å². The van der Waals surface area contributed by atoms with Crippen LogP contribution in [0, 0.1) is 6.92 Å². The Bertz CT molecular complexity index is 854. The summed E-state index contributed by atoms with van der Waals surface area (Å²) in [4.78, 5) is 12.5. The fourth-order valence-corrected chi connectivity index (χ4v) is 2.58. The number of nitrogens with zero attached hydrogens (tertiary/aromatic N) is 1. The van der Waals surface area contributed by atoms with Crippen LogP contribution in [-0.2, 0) is 6.54 Å². The van der Waals surface area contributed by atoms with Gasteiger partial charge < -0.3 is 20.0 Å². The second kappa shape index (κ2) is 6.29. The molecule has 0 aliphatic carbocycles. The Morgan fingerprint density at radius 2 is 2.09 bits per heavy atom. The number of hydrogen-bond acceptors (Lipinski definition) is 5. The molecule has 6 nitrogen and oxygen atoms in total. The van der Waals surface area contributed by atoms with E-state index in [2.05, 4.69) is 26.4 Å². The molecule has 0 fully saturated rings. The van der Waals surface area contributed by atoms with Crippen molar-refractivity contribution >= 4 is 27.7 Å². The lowest BCUT2D eigenvalue weighted by molar-refractivity contribution is 0.0952. The molecule has 3 N–H and O–H groups in total. The maximum atomic E-state index is 12.5. The molecule has 0 atom stereocenters. The van der Waals surface area contributed by atoms with Crippen LogP contribution < -0.4 is 11.1 Å². The summed E-state index contributed by atoms with van der Waals surface area (Å²) < 4.78 is 11.4. The quantitative estimate of drug-likeness (QED) is 0.727. The second-order valence-corrected chi connectivity index (χ2v) is 5.81. The van der Waals surface area contributed by atoms with E-state index in [0.717, 1.165) is 10.0 Å².